The van der Waals surface area contributed by atoms with Crippen LogP contribution in [0.3, 0.4) is 0 Å². The van der Waals surface area contributed by atoms with Crippen molar-refractivity contribution in [3.8, 4) is 56.7 Å². The van der Waals surface area contributed by atoms with Crippen molar-refractivity contribution in [2.75, 3.05) is 0 Å². The molecule has 0 aliphatic heterocycles. The number of hydrogen-bond donors (Lipinski definition) is 0. The second-order valence-electron chi connectivity index (χ2n) is 14.1. The van der Waals surface area contributed by atoms with Gasteiger partial charge in [-0.05, 0) is 108 Å². The topological polar surface area (TPSA) is 61.4 Å². The third kappa shape index (κ3) is 5.99. The van der Waals surface area contributed by atoms with Crippen molar-refractivity contribution in [1.82, 2.24) is 29.1 Å². The van der Waals surface area contributed by atoms with Crippen LogP contribution in [0.15, 0.2) is 170 Å². The lowest BCUT2D eigenvalue weighted by atomic mass is 10.0. The lowest BCUT2D eigenvalue weighted by Crippen LogP contribution is -2.28. The Morgan fingerprint density at radius 1 is 0.474 bits per heavy atom. The molecule has 0 radical (unpaired) electrons. The third-order valence-corrected chi connectivity index (χ3v) is 10.7. The molecule has 6 heteroatoms. The molecule has 0 unspecified atom stereocenters. The van der Waals surface area contributed by atoms with Gasteiger partial charge in [-0.15, -0.1) is 0 Å². The SMILES string of the molecule is CC=c1c(=CCC)c2cc(-c3ccc4c(c3)c3ccccc3n4-c3nc(-c4ccccn4)cc(-c4ccccn4)n3)ccc2n1-c1cccc(-c2ccccc2)c1. The van der Waals surface area contributed by atoms with E-state index < -0.39 is 0 Å². The zero-order valence-electron chi connectivity index (χ0n) is 31.7. The fourth-order valence-electron chi connectivity index (χ4n) is 8.14. The van der Waals surface area contributed by atoms with Crippen LogP contribution in [-0.2, 0) is 0 Å². The number of fused-ring (bicyclic) bond motifs is 4. The Bertz CT molecular complexity index is 3160. The van der Waals surface area contributed by atoms with Crippen LogP contribution in [0.25, 0.3) is 102 Å². The molecule has 57 heavy (non-hydrogen) atoms. The molecule has 0 spiro atoms. The van der Waals surface area contributed by atoms with E-state index in [9.17, 15) is 0 Å². The molecule has 5 aromatic carbocycles. The van der Waals surface area contributed by atoms with Crippen LogP contribution >= 0.6 is 0 Å². The summed E-state index contributed by atoms with van der Waals surface area (Å²) in [5.41, 5.74) is 12.1. The maximum absolute atomic E-state index is 5.13. The highest BCUT2D eigenvalue weighted by Gasteiger charge is 2.19. The first kappa shape index (κ1) is 34.1. The van der Waals surface area contributed by atoms with Crippen LogP contribution in [0.5, 0.6) is 0 Å². The van der Waals surface area contributed by atoms with Gasteiger partial charge in [-0.1, -0.05) is 104 Å². The zero-order valence-corrected chi connectivity index (χ0v) is 31.7. The Balaban J connectivity index is 1.14. The van der Waals surface area contributed by atoms with Crippen LogP contribution < -0.4 is 10.6 Å². The summed E-state index contributed by atoms with van der Waals surface area (Å²) < 4.78 is 4.57. The van der Waals surface area contributed by atoms with E-state index in [1.807, 2.05) is 42.5 Å². The minimum atomic E-state index is 0.569. The Morgan fingerprint density at radius 3 is 1.74 bits per heavy atom. The molecular weight excluding hydrogens is 697 g/mol. The molecule has 0 bridgehead atoms. The molecule has 272 valence electrons. The van der Waals surface area contributed by atoms with Crippen LogP contribution in [0.1, 0.15) is 20.3 Å². The van der Waals surface area contributed by atoms with Crippen molar-refractivity contribution >= 4 is 44.9 Å². The van der Waals surface area contributed by atoms with E-state index in [1.54, 1.807) is 12.4 Å². The molecule has 5 aromatic heterocycles. The van der Waals surface area contributed by atoms with Gasteiger partial charge >= 0.3 is 0 Å². The van der Waals surface area contributed by atoms with E-state index in [1.165, 1.54) is 32.6 Å². The van der Waals surface area contributed by atoms with Crippen LogP contribution in [0.2, 0.25) is 0 Å². The summed E-state index contributed by atoms with van der Waals surface area (Å²) >= 11 is 0. The van der Waals surface area contributed by atoms with Crippen LogP contribution in [0.4, 0.5) is 0 Å². The van der Waals surface area contributed by atoms with Crippen molar-refractivity contribution in [2.45, 2.75) is 20.3 Å². The van der Waals surface area contributed by atoms with Gasteiger partial charge in [0.2, 0.25) is 5.95 Å². The van der Waals surface area contributed by atoms with E-state index >= 15 is 0 Å². The fourth-order valence-corrected chi connectivity index (χ4v) is 8.14. The summed E-state index contributed by atoms with van der Waals surface area (Å²) in [6.07, 6.45) is 9.11. The maximum Gasteiger partial charge on any atom is 0.235 e. The third-order valence-electron chi connectivity index (χ3n) is 10.7. The number of hydrogen-bond acceptors (Lipinski definition) is 4. The van der Waals surface area contributed by atoms with E-state index in [0.29, 0.717) is 5.95 Å². The van der Waals surface area contributed by atoms with Crippen molar-refractivity contribution in [2.24, 2.45) is 0 Å². The second-order valence-corrected chi connectivity index (χ2v) is 14.1. The number of aromatic nitrogens is 6. The summed E-state index contributed by atoms with van der Waals surface area (Å²) in [4.78, 5) is 19.5. The molecular formula is C51H38N6. The van der Waals surface area contributed by atoms with Gasteiger partial charge in [-0.3, -0.25) is 14.5 Å². The molecule has 10 aromatic rings. The first-order valence-electron chi connectivity index (χ1n) is 19.4. The molecule has 6 nitrogen and oxygen atoms in total. The first-order chi connectivity index (χ1) is 28.2. The van der Waals surface area contributed by atoms with Crippen molar-refractivity contribution < 1.29 is 0 Å². The number of para-hydroxylation sites is 1. The quantitative estimate of drug-likeness (QED) is 0.164. The average molecular weight is 735 g/mol. The van der Waals surface area contributed by atoms with Gasteiger partial charge in [0.05, 0.1) is 39.3 Å². The molecule has 0 saturated heterocycles. The normalized spacial score (nSPS) is 12.3. The average Bonchev–Trinajstić information content (AvgIpc) is 3.79. The van der Waals surface area contributed by atoms with Gasteiger partial charge < -0.3 is 4.57 Å². The van der Waals surface area contributed by atoms with Gasteiger partial charge in [-0.2, -0.15) is 0 Å². The Kier molecular flexibility index (Phi) is 8.57. The van der Waals surface area contributed by atoms with Crippen LogP contribution in [-0.4, -0.2) is 29.1 Å². The highest BCUT2D eigenvalue weighted by atomic mass is 15.2. The molecule has 0 N–H and O–H groups in total. The monoisotopic (exact) mass is 734 g/mol. The molecule has 0 amide bonds. The summed E-state index contributed by atoms with van der Waals surface area (Å²) in [6.45, 7) is 4.35. The predicted molar refractivity (Wildman–Crippen MR) is 235 cm³/mol. The number of pyridine rings is 2. The van der Waals surface area contributed by atoms with Gasteiger partial charge in [0, 0.05) is 44.8 Å². The van der Waals surface area contributed by atoms with E-state index in [0.717, 1.165) is 67.8 Å². The molecule has 0 aliphatic rings. The Morgan fingerprint density at radius 2 is 1.07 bits per heavy atom. The fraction of sp³-hybridized carbons (Fsp3) is 0.0588. The highest BCUT2D eigenvalue weighted by Crippen LogP contribution is 2.36. The Labute approximate surface area is 330 Å². The molecule has 0 fully saturated rings. The summed E-state index contributed by atoms with van der Waals surface area (Å²) in [6, 6.07) is 55.3. The molecule has 0 atom stereocenters. The second kappa shape index (κ2) is 14.3. The first-order valence-corrected chi connectivity index (χ1v) is 19.4. The summed E-state index contributed by atoms with van der Waals surface area (Å²) in [5.74, 6) is 0.569. The van der Waals surface area contributed by atoms with Crippen molar-refractivity contribution in [1.29, 1.82) is 0 Å². The van der Waals surface area contributed by atoms with E-state index in [4.69, 9.17) is 9.97 Å². The Hall–Kier alpha value is -7.44. The highest BCUT2D eigenvalue weighted by molar-refractivity contribution is 6.10. The predicted octanol–water partition coefficient (Wildman–Crippen LogP) is 11.0. The van der Waals surface area contributed by atoms with Gasteiger partial charge in [0.15, 0.2) is 0 Å². The zero-order chi connectivity index (χ0) is 38.3. The molecule has 5 heterocycles. The lowest BCUT2D eigenvalue weighted by molar-refractivity contribution is 0.988. The maximum atomic E-state index is 5.13. The number of nitrogens with zero attached hydrogens (tertiary/aromatic N) is 6. The molecule has 10 rings (SSSR count). The van der Waals surface area contributed by atoms with Crippen molar-refractivity contribution in [3.63, 3.8) is 0 Å². The standard InChI is InChI=1S/C51H38N6/c1-3-15-39-41-31-36(24-26-49(41)56(47(39)4-2)38-19-14-18-35(30-38)34-16-6-5-7-17-34)37-25-27-50-42(32-37)40-20-8-9-23-48(40)57(50)51-54-45(43-21-10-12-28-52-43)33-46(55-51)44-22-11-13-29-53-44/h4-33H,3H2,1-2H3. The molecule has 0 saturated carbocycles. The lowest BCUT2D eigenvalue weighted by Gasteiger charge is -2.11. The molecule has 0 aliphatic carbocycles. The largest absolute Gasteiger partial charge is 0.310 e. The summed E-state index contributed by atoms with van der Waals surface area (Å²) in [5, 5.41) is 5.96. The van der Waals surface area contributed by atoms with Gasteiger partial charge in [0.1, 0.15) is 0 Å². The summed E-state index contributed by atoms with van der Waals surface area (Å²) in [7, 11) is 0. The minimum Gasteiger partial charge on any atom is -0.310 e. The number of rotatable bonds is 7. The van der Waals surface area contributed by atoms with E-state index in [-0.39, 0.29) is 0 Å². The van der Waals surface area contributed by atoms with Crippen molar-refractivity contribution in [3.05, 3.63) is 181 Å². The van der Waals surface area contributed by atoms with E-state index in [2.05, 4.69) is 160 Å². The van der Waals surface area contributed by atoms with Gasteiger partial charge in [-0.25, -0.2) is 9.97 Å². The van der Waals surface area contributed by atoms with Crippen LogP contribution in [0, 0.1) is 0 Å². The van der Waals surface area contributed by atoms with Gasteiger partial charge in [0.25, 0.3) is 0 Å². The number of benzene rings is 5. The smallest absolute Gasteiger partial charge is 0.235 e. The minimum absolute atomic E-state index is 0.569.